The summed E-state index contributed by atoms with van der Waals surface area (Å²) in [4.78, 5) is 14.8. The first-order chi connectivity index (χ1) is 13.8. The van der Waals surface area contributed by atoms with Gasteiger partial charge in [0.1, 0.15) is 17.4 Å². The van der Waals surface area contributed by atoms with E-state index >= 15 is 0 Å². The van der Waals surface area contributed by atoms with E-state index in [1.54, 1.807) is 4.90 Å². The monoisotopic (exact) mass is 417 g/mol. The lowest BCUT2D eigenvalue weighted by Crippen LogP contribution is -2.37. The molecule has 0 atom stereocenters. The van der Waals surface area contributed by atoms with Crippen LogP contribution in [-0.2, 0) is 23.2 Å². The van der Waals surface area contributed by atoms with E-state index in [0.717, 1.165) is 17.7 Å². The zero-order chi connectivity index (χ0) is 22.7. The van der Waals surface area contributed by atoms with Crippen LogP contribution in [0.15, 0.2) is 36.4 Å². The molecule has 0 fully saturated rings. The van der Waals surface area contributed by atoms with Crippen molar-refractivity contribution >= 4 is 5.91 Å². The second-order valence-electron chi connectivity index (χ2n) is 10.1. The molecule has 2 rings (SSSR count). The van der Waals surface area contributed by atoms with E-state index in [1.165, 1.54) is 5.56 Å². The fourth-order valence-electron chi connectivity index (χ4n) is 3.38. The summed E-state index contributed by atoms with van der Waals surface area (Å²) < 4.78 is 28.0. The first kappa shape index (κ1) is 23.8. The average Bonchev–Trinajstić information content (AvgIpc) is 2.58. The Morgan fingerprint density at radius 3 is 2.13 bits per heavy atom. The van der Waals surface area contributed by atoms with Crippen molar-refractivity contribution < 1.29 is 18.7 Å². The third-order valence-electron chi connectivity index (χ3n) is 4.90. The highest BCUT2D eigenvalue weighted by Crippen LogP contribution is 2.25. The number of aromatic hydroxyl groups is 1. The Labute approximate surface area is 178 Å². The van der Waals surface area contributed by atoms with Crippen LogP contribution in [0.2, 0.25) is 0 Å². The summed E-state index contributed by atoms with van der Waals surface area (Å²) in [5, 5.41) is 9.30. The van der Waals surface area contributed by atoms with Gasteiger partial charge < -0.3 is 10.0 Å². The molecule has 0 saturated carbocycles. The van der Waals surface area contributed by atoms with Gasteiger partial charge in [0.15, 0.2) is 0 Å². The number of carbonyl (C=O) groups is 1. The third kappa shape index (κ3) is 6.82. The molecule has 0 aliphatic carbocycles. The number of halogens is 2. The Bertz CT molecular complexity index is 872. The number of phenolic OH excluding ortho intramolecular Hbond substituents is 1. The fourth-order valence-corrected chi connectivity index (χ4v) is 3.38. The summed E-state index contributed by atoms with van der Waals surface area (Å²) >= 11 is 0. The molecule has 2 aromatic rings. The molecule has 0 bridgehead atoms. The highest BCUT2D eigenvalue weighted by atomic mass is 19.1. The second-order valence-corrected chi connectivity index (χ2v) is 10.1. The standard InChI is InChI=1S/C25H33F2NO2/c1-24(2,3)16-28(15-17-8-7-9-18(12-17)25(4,5)6)23(30)11-10-20-21(26)13-19(29)14-22(20)27/h7-9,12-14,29H,10-11,15-16H2,1-6H3. The summed E-state index contributed by atoms with van der Waals surface area (Å²) in [7, 11) is 0. The highest BCUT2D eigenvalue weighted by molar-refractivity contribution is 5.76. The van der Waals surface area contributed by atoms with Crippen LogP contribution in [0.25, 0.3) is 0 Å². The quantitative estimate of drug-likeness (QED) is 0.628. The van der Waals surface area contributed by atoms with E-state index in [-0.39, 0.29) is 35.1 Å². The van der Waals surface area contributed by atoms with Crippen molar-refractivity contribution in [3.8, 4) is 5.75 Å². The minimum absolute atomic E-state index is 0.00278. The zero-order valence-electron chi connectivity index (χ0n) is 18.9. The number of carbonyl (C=O) groups excluding carboxylic acids is 1. The number of nitrogens with zero attached hydrogens (tertiary/aromatic N) is 1. The van der Waals surface area contributed by atoms with Crippen LogP contribution in [0.1, 0.15) is 64.7 Å². The minimum Gasteiger partial charge on any atom is -0.508 e. The molecule has 3 nitrogen and oxygen atoms in total. The molecule has 0 radical (unpaired) electrons. The summed E-state index contributed by atoms with van der Waals surface area (Å²) in [5.74, 6) is -2.28. The van der Waals surface area contributed by atoms with Crippen LogP contribution >= 0.6 is 0 Å². The molecule has 164 valence electrons. The molecule has 0 aromatic heterocycles. The van der Waals surface area contributed by atoms with E-state index in [9.17, 15) is 18.7 Å². The largest absolute Gasteiger partial charge is 0.508 e. The van der Waals surface area contributed by atoms with Crippen LogP contribution in [-0.4, -0.2) is 22.5 Å². The van der Waals surface area contributed by atoms with Gasteiger partial charge in [-0.2, -0.15) is 0 Å². The minimum atomic E-state index is -0.833. The van der Waals surface area contributed by atoms with E-state index in [0.29, 0.717) is 13.1 Å². The van der Waals surface area contributed by atoms with Crippen molar-refractivity contribution in [2.75, 3.05) is 6.54 Å². The first-order valence-electron chi connectivity index (χ1n) is 10.3. The van der Waals surface area contributed by atoms with Gasteiger partial charge in [0.25, 0.3) is 0 Å². The van der Waals surface area contributed by atoms with Crippen LogP contribution in [0.4, 0.5) is 8.78 Å². The number of phenols is 1. The highest BCUT2D eigenvalue weighted by Gasteiger charge is 2.23. The van der Waals surface area contributed by atoms with Crippen LogP contribution in [0.3, 0.4) is 0 Å². The summed E-state index contributed by atoms with van der Waals surface area (Å²) in [5.41, 5.74) is 1.93. The molecule has 0 unspecified atom stereocenters. The summed E-state index contributed by atoms with van der Waals surface area (Å²) in [6.07, 6.45) is -0.0624. The van der Waals surface area contributed by atoms with Gasteiger partial charge in [-0.25, -0.2) is 8.78 Å². The van der Waals surface area contributed by atoms with Gasteiger partial charge in [0.2, 0.25) is 5.91 Å². The topological polar surface area (TPSA) is 40.5 Å². The van der Waals surface area contributed by atoms with Crippen molar-refractivity contribution in [1.29, 1.82) is 0 Å². The van der Waals surface area contributed by atoms with Crippen LogP contribution in [0, 0.1) is 17.0 Å². The number of hydrogen-bond acceptors (Lipinski definition) is 2. The Morgan fingerprint density at radius 1 is 1.00 bits per heavy atom. The number of benzene rings is 2. The molecule has 0 saturated heterocycles. The molecule has 0 aliphatic heterocycles. The smallest absolute Gasteiger partial charge is 0.223 e. The van der Waals surface area contributed by atoms with Gasteiger partial charge in [0.05, 0.1) is 0 Å². The van der Waals surface area contributed by atoms with Gasteiger partial charge in [0, 0.05) is 37.2 Å². The third-order valence-corrected chi connectivity index (χ3v) is 4.90. The lowest BCUT2D eigenvalue weighted by molar-refractivity contribution is -0.133. The molecule has 1 amide bonds. The van der Waals surface area contributed by atoms with E-state index < -0.39 is 17.4 Å². The maximum atomic E-state index is 14.0. The van der Waals surface area contributed by atoms with Gasteiger partial charge in [-0.05, 0) is 28.4 Å². The lowest BCUT2D eigenvalue weighted by Gasteiger charge is -2.31. The number of rotatable bonds is 6. The average molecular weight is 418 g/mol. The maximum absolute atomic E-state index is 14.0. The maximum Gasteiger partial charge on any atom is 0.223 e. The van der Waals surface area contributed by atoms with Crippen molar-refractivity contribution in [1.82, 2.24) is 4.90 Å². The molecule has 0 heterocycles. The van der Waals surface area contributed by atoms with Crippen LogP contribution in [0.5, 0.6) is 5.75 Å². The van der Waals surface area contributed by atoms with E-state index in [2.05, 4.69) is 53.7 Å². The molecular weight excluding hydrogens is 384 g/mol. The summed E-state index contributed by atoms with van der Waals surface area (Å²) in [6.45, 7) is 13.6. The van der Waals surface area contributed by atoms with Gasteiger partial charge in [-0.1, -0.05) is 65.8 Å². The number of hydrogen-bond donors (Lipinski definition) is 1. The molecule has 1 N–H and O–H groups in total. The lowest BCUT2D eigenvalue weighted by atomic mass is 9.86. The van der Waals surface area contributed by atoms with Crippen molar-refractivity contribution in [3.05, 3.63) is 64.7 Å². The molecule has 0 spiro atoms. The van der Waals surface area contributed by atoms with Crippen LogP contribution < -0.4 is 0 Å². The zero-order valence-corrected chi connectivity index (χ0v) is 18.9. The van der Waals surface area contributed by atoms with Crippen molar-refractivity contribution in [2.24, 2.45) is 5.41 Å². The molecule has 0 aliphatic rings. The molecule has 5 heteroatoms. The Morgan fingerprint density at radius 2 is 1.60 bits per heavy atom. The Kier molecular flexibility index (Phi) is 7.27. The Balaban J connectivity index is 2.20. The van der Waals surface area contributed by atoms with Gasteiger partial charge in [-0.3, -0.25) is 4.79 Å². The van der Waals surface area contributed by atoms with Crippen molar-refractivity contribution in [2.45, 2.75) is 66.3 Å². The predicted molar refractivity (Wildman–Crippen MR) is 116 cm³/mol. The fraction of sp³-hybridized carbons (Fsp3) is 0.480. The molecule has 2 aromatic carbocycles. The van der Waals surface area contributed by atoms with Gasteiger partial charge >= 0.3 is 0 Å². The van der Waals surface area contributed by atoms with Crippen molar-refractivity contribution in [3.63, 3.8) is 0 Å². The second kappa shape index (κ2) is 9.15. The van der Waals surface area contributed by atoms with E-state index in [4.69, 9.17) is 0 Å². The van der Waals surface area contributed by atoms with Gasteiger partial charge in [-0.15, -0.1) is 0 Å². The molecule has 30 heavy (non-hydrogen) atoms. The SMILES string of the molecule is CC(C)(C)CN(Cc1cccc(C(C)(C)C)c1)C(=O)CCc1c(F)cc(O)cc1F. The Hall–Kier alpha value is -2.43. The predicted octanol–water partition coefficient (Wildman–Crippen LogP) is 5.98. The first-order valence-corrected chi connectivity index (χ1v) is 10.3. The summed E-state index contributed by atoms with van der Waals surface area (Å²) in [6, 6.07) is 9.92. The number of amides is 1. The normalized spacial score (nSPS) is 12.1. The van der Waals surface area contributed by atoms with E-state index in [1.807, 2.05) is 12.1 Å². The molecular formula is C25H33F2NO2.